The molecule has 4 nitrogen and oxygen atoms in total. The molecule has 0 unspecified atom stereocenters. The average Bonchev–Trinajstić information content (AvgIpc) is 2.05. The highest BCUT2D eigenvalue weighted by Crippen LogP contribution is 1.92. The zero-order valence-corrected chi connectivity index (χ0v) is 7.25. The zero-order valence-electron chi connectivity index (χ0n) is 7.25. The molecule has 0 saturated heterocycles. The van der Waals surface area contributed by atoms with Crippen molar-refractivity contribution in [1.82, 2.24) is 0 Å². The second-order valence-electron chi connectivity index (χ2n) is 2.15. The minimum atomic E-state index is -0.216. The van der Waals surface area contributed by atoms with Crippen molar-refractivity contribution in [3.63, 3.8) is 0 Å². The van der Waals surface area contributed by atoms with E-state index < -0.39 is 0 Å². The fourth-order valence-electron chi connectivity index (χ4n) is 0.683. The van der Waals surface area contributed by atoms with Crippen LogP contribution in [0.1, 0.15) is 19.8 Å². The molecule has 0 saturated carbocycles. The van der Waals surface area contributed by atoms with Gasteiger partial charge in [-0.2, -0.15) is 0 Å². The second-order valence-corrected chi connectivity index (χ2v) is 2.15. The fourth-order valence-corrected chi connectivity index (χ4v) is 0.683. The number of carbonyl (C=O) groups is 2. The highest BCUT2D eigenvalue weighted by molar-refractivity contribution is 5.69. The topological polar surface area (TPSA) is 52.6 Å². The zero-order chi connectivity index (χ0) is 9.23. The third-order valence-electron chi connectivity index (χ3n) is 1.16. The third kappa shape index (κ3) is 7.21. The van der Waals surface area contributed by atoms with Gasteiger partial charge in [0.25, 0.3) is 0 Å². The van der Waals surface area contributed by atoms with Gasteiger partial charge in [0.15, 0.2) is 0 Å². The Morgan fingerprint density at radius 3 is 2.83 bits per heavy atom. The van der Waals surface area contributed by atoms with Gasteiger partial charge in [0, 0.05) is 13.0 Å². The summed E-state index contributed by atoms with van der Waals surface area (Å²) in [5.41, 5.74) is 0. The number of esters is 1. The lowest BCUT2D eigenvalue weighted by Gasteiger charge is -2.00. The Hall–Kier alpha value is -0.900. The molecule has 70 valence electrons. The van der Waals surface area contributed by atoms with E-state index >= 15 is 0 Å². The Bertz CT molecular complexity index is 133. The van der Waals surface area contributed by atoms with E-state index in [9.17, 15) is 9.59 Å². The lowest BCUT2D eigenvalue weighted by Crippen LogP contribution is -2.06. The quantitative estimate of drug-likeness (QED) is 0.321. The van der Waals surface area contributed by atoms with Crippen LogP contribution in [0.2, 0.25) is 0 Å². The van der Waals surface area contributed by atoms with Gasteiger partial charge in [-0.05, 0) is 13.3 Å². The van der Waals surface area contributed by atoms with E-state index in [4.69, 9.17) is 4.74 Å². The van der Waals surface area contributed by atoms with Crippen molar-refractivity contribution in [3.05, 3.63) is 0 Å². The molecule has 0 aromatic rings. The maximum Gasteiger partial charge on any atom is 0.305 e. The first kappa shape index (κ1) is 11.1. The molecule has 0 atom stereocenters. The van der Waals surface area contributed by atoms with Crippen LogP contribution in [-0.2, 0) is 19.1 Å². The van der Waals surface area contributed by atoms with Crippen LogP contribution in [0.4, 0.5) is 0 Å². The van der Waals surface area contributed by atoms with Crippen LogP contribution in [0, 0.1) is 0 Å². The molecule has 0 aromatic carbocycles. The molecule has 0 rings (SSSR count). The standard InChI is InChI=1S/C8H14O4/c1-2-12-8(10)4-3-6-11-7-5-9/h5H,2-4,6-7H2,1H3. The molecule has 0 radical (unpaired) electrons. The maximum absolute atomic E-state index is 10.7. The largest absolute Gasteiger partial charge is 0.466 e. The first-order valence-electron chi connectivity index (χ1n) is 3.98. The molecular weight excluding hydrogens is 160 g/mol. The van der Waals surface area contributed by atoms with Crippen LogP contribution in [0.15, 0.2) is 0 Å². The highest BCUT2D eigenvalue weighted by Gasteiger charge is 1.99. The summed E-state index contributed by atoms with van der Waals surface area (Å²) in [7, 11) is 0. The molecule has 4 heteroatoms. The molecule has 0 aliphatic carbocycles. The minimum Gasteiger partial charge on any atom is -0.466 e. The highest BCUT2D eigenvalue weighted by atomic mass is 16.5. The summed E-state index contributed by atoms with van der Waals surface area (Å²) >= 11 is 0. The second kappa shape index (κ2) is 8.20. The van der Waals surface area contributed by atoms with Crippen molar-refractivity contribution in [2.45, 2.75) is 19.8 Å². The summed E-state index contributed by atoms with van der Waals surface area (Å²) in [6.45, 7) is 2.70. The summed E-state index contributed by atoms with van der Waals surface area (Å²) in [5, 5.41) is 0. The number of hydrogen-bond acceptors (Lipinski definition) is 4. The van der Waals surface area contributed by atoms with Gasteiger partial charge in [0.1, 0.15) is 12.9 Å². The Morgan fingerprint density at radius 2 is 2.25 bits per heavy atom. The Balaban J connectivity index is 3.08. The van der Waals surface area contributed by atoms with E-state index in [-0.39, 0.29) is 12.6 Å². The van der Waals surface area contributed by atoms with Gasteiger partial charge in [-0.15, -0.1) is 0 Å². The van der Waals surface area contributed by atoms with Crippen molar-refractivity contribution >= 4 is 12.3 Å². The van der Waals surface area contributed by atoms with E-state index in [0.717, 1.165) is 0 Å². The van der Waals surface area contributed by atoms with Crippen LogP contribution < -0.4 is 0 Å². The Labute approximate surface area is 71.8 Å². The van der Waals surface area contributed by atoms with Crippen LogP contribution in [-0.4, -0.2) is 32.1 Å². The van der Waals surface area contributed by atoms with Crippen LogP contribution in [0.3, 0.4) is 0 Å². The predicted molar refractivity (Wildman–Crippen MR) is 42.8 cm³/mol. The normalized spacial score (nSPS) is 9.42. The Kier molecular flexibility index (Phi) is 7.58. The third-order valence-corrected chi connectivity index (χ3v) is 1.16. The summed E-state index contributed by atoms with van der Waals surface area (Å²) in [6, 6.07) is 0. The predicted octanol–water partition coefficient (Wildman–Crippen LogP) is 0.545. The fraction of sp³-hybridized carbons (Fsp3) is 0.750. The molecule has 0 aromatic heterocycles. The first-order chi connectivity index (χ1) is 5.81. The number of aldehydes is 1. The molecule has 0 bridgehead atoms. The van der Waals surface area contributed by atoms with Gasteiger partial charge in [-0.3, -0.25) is 4.79 Å². The van der Waals surface area contributed by atoms with Crippen molar-refractivity contribution in [2.75, 3.05) is 19.8 Å². The number of hydrogen-bond donors (Lipinski definition) is 0. The molecular formula is C8H14O4. The van der Waals surface area contributed by atoms with E-state index in [0.29, 0.717) is 32.3 Å². The number of rotatable bonds is 7. The molecule has 0 N–H and O–H groups in total. The van der Waals surface area contributed by atoms with E-state index in [1.807, 2.05) is 0 Å². The van der Waals surface area contributed by atoms with E-state index in [2.05, 4.69) is 4.74 Å². The molecule has 0 aliphatic rings. The van der Waals surface area contributed by atoms with E-state index in [1.165, 1.54) is 0 Å². The lowest BCUT2D eigenvalue weighted by molar-refractivity contribution is -0.143. The monoisotopic (exact) mass is 174 g/mol. The molecule has 12 heavy (non-hydrogen) atoms. The average molecular weight is 174 g/mol. The van der Waals surface area contributed by atoms with Crippen LogP contribution in [0.5, 0.6) is 0 Å². The van der Waals surface area contributed by atoms with Crippen LogP contribution in [0.25, 0.3) is 0 Å². The van der Waals surface area contributed by atoms with E-state index in [1.54, 1.807) is 6.92 Å². The molecule has 0 spiro atoms. The van der Waals surface area contributed by atoms with Crippen molar-refractivity contribution < 1.29 is 19.1 Å². The SMILES string of the molecule is CCOC(=O)CCCOCC=O. The van der Waals surface area contributed by atoms with Gasteiger partial charge in [-0.1, -0.05) is 0 Å². The van der Waals surface area contributed by atoms with Crippen molar-refractivity contribution in [2.24, 2.45) is 0 Å². The van der Waals surface area contributed by atoms with Gasteiger partial charge >= 0.3 is 5.97 Å². The van der Waals surface area contributed by atoms with Crippen molar-refractivity contribution in [1.29, 1.82) is 0 Å². The lowest BCUT2D eigenvalue weighted by atomic mass is 10.3. The number of ether oxygens (including phenoxy) is 2. The molecule has 0 fully saturated rings. The van der Waals surface area contributed by atoms with Gasteiger partial charge < -0.3 is 14.3 Å². The first-order valence-corrected chi connectivity index (χ1v) is 3.98. The summed E-state index contributed by atoms with van der Waals surface area (Å²) in [6.07, 6.45) is 1.64. The summed E-state index contributed by atoms with van der Waals surface area (Å²) < 4.78 is 9.52. The summed E-state index contributed by atoms with van der Waals surface area (Å²) in [5.74, 6) is -0.216. The maximum atomic E-state index is 10.7. The Morgan fingerprint density at radius 1 is 1.50 bits per heavy atom. The smallest absolute Gasteiger partial charge is 0.305 e. The molecule has 0 aliphatic heterocycles. The van der Waals surface area contributed by atoms with Crippen LogP contribution >= 0.6 is 0 Å². The number of carbonyl (C=O) groups excluding carboxylic acids is 2. The van der Waals surface area contributed by atoms with Crippen molar-refractivity contribution in [3.8, 4) is 0 Å². The minimum absolute atomic E-state index is 0.100. The van der Waals surface area contributed by atoms with Gasteiger partial charge in [-0.25, -0.2) is 0 Å². The molecule has 0 amide bonds. The van der Waals surface area contributed by atoms with Gasteiger partial charge in [0.05, 0.1) is 6.61 Å². The van der Waals surface area contributed by atoms with Gasteiger partial charge in [0.2, 0.25) is 0 Å². The summed E-state index contributed by atoms with van der Waals surface area (Å²) in [4.78, 5) is 20.5. The molecule has 0 heterocycles.